The van der Waals surface area contributed by atoms with Crippen LogP contribution in [0.5, 0.6) is 0 Å². The van der Waals surface area contributed by atoms with Crippen LogP contribution in [-0.2, 0) is 11.3 Å². The molecular formula is C12H21N3OS2. The first-order chi connectivity index (χ1) is 8.81. The van der Waals surface area contributed by atoms with Gasteiger partial charge in [-0.3, -0.25) is 0 Å². The van der Waals surface area contributed by atoms with E-state index < -0.39 is 0 Å². The number of hydrogen-bond acceptors (Lipinski definition) is 6. The largest absolute Gasteiger partial charge is 0.383 e. The third-order valence-corrected chi connectivity index (χ3v) is 5.06. The molecule has 2 rings (SSSR count). The summed E-state index contributed by atoms with van der Waals surface area (Å²) in [5, 5.41) is 6.66. The maximum Gasteiger partial charge on any atom is 0.185 e. The van der Waals surface area contributed by atoms with E-state index in [-0.39, 0.29) is 0 Å². The molecule has 0 bridgehead atoms. The summed E-state index contributed by atoms with van der Waals surface area (Å²) in [5.74, 6) is 2.42. The van der Waals surface area contributed by atoms with Gasteiger partial charge in [0.1, 0.15) is 0 Å². The second-order valence-electron chi connectivity index (χ2n) is 4.41. The first kappa shape index (κ1) is 14.1. The third kappa shape index (κ3) is 3.85. The quantitative estimate of drug-likeness (QED) is 0.808. The Morgan fingerprint density at radius 2 is 2.50 bits per heavy atom. The number of nitrogens with one attached hydrogen (secondary N) is 1. The number of aromatic nitrogens is 1. The summed E-state index contributed by atoms with van der Waals surface area (Å²) in [7, 11) is 1.72. The van der Waals surface area contributed by atoms with Crippen LogP contribution in [0.15, 0.2) is 5.38 Å². The van der Waals surface area contributed by atoms with Gasteiger partial charge in [-0.1, -0.05) is 0 Å². The highest BCUT2D eigenvalue weighted by molar-refractivity contribution is 7.99. The van der Waals surface area contributed by atoms with Crippen molar-refractivity contribution >= 4 is 28.2 Å². The molecule has 1 N–H and O–H groups in total. The van der Waals surface area contributed by atoms with E-state index in [0.717, 1.165) is 31.9 Å². The van der Waals surface area contributed by atoms with Gasteiger partial charge in [0.25, 0.3) is 0 Å². The fourth-order valence-electron chi connectivity index (χ4n) is 1.91. The number of ether oxygens (including phenoxy) is 1. The van der Waals surface area contributed by atoms with Gasteiger partial charge in [0.15, 0.2) is 5.13 Å². The molecule has 0 aromatic carbocycles. The van der Waals surface area contributed by atoms with Crippen LogP contribution in [0.1, 0.15) is 12.6 Å². The van der Waals surface area contributed by atoms with Gasteiger partial charge in [-0.15, -0.1) is 11.3 Å². The highest BCUT2D eigenvalue weighted by Crippen LogP contribution is 2.26. The van der Waals surface area contributed by atoms with Crippen molar-refractivity contribution in [1.82, 2.24) is 10.3 Å². The van der Waals surface area contributed by atoms with Crippen molar-refractivity contribution in [2.24, 2.45) is 0 Å². The molecule has 1 aliphatic heterocycles. The molecule has 1 fully saturated rings. The van der Waals surface area contributed by atoms with Crippen molar-refractivity contribution in [2.75, 3.05) is 43.2 Å². The molecule has 0 aliphatic carbocycles. The number of thiazole rings is 1. The Balaban J connectivity index is 1.85. The van der Waals surface area contributed by atoms with Crippen molar-refractivity contribution in [2.45, 2.75) is 19.5 Å². The zero-order chi connectivity index (χ0) is 12.8. The predicted molar refractivity (Wildman–Crippen MR) is 79.8 cm³/mol. The highest BCUT2D eigenvalue weighted by atomic mass is 32.2. The summed E-state index contributed by atoms with van der Waals surface area (Å²) in [5.41, 5.74) is 1.14. The van der Waals surface area contributed by atoms with E-state index in [2.05, 4.69) is 22.5 Å². The zero-order valence-electron chi connectivity index (χ0n) is 11.0. The normalized spacial score (nSPS) is 20.3. The Morgan fingerprint density at radius 1 is 1.61 bits per heavy atom. The van der Waals surface area contributed by atoms with E-state index >= 15 is 0 Å². The minimum atomic E-state index is 0.601. The fourth-order valence-corrected chi connectivity index (χ4v) is 3.88. The molecule has 102 valence electrons. The SMILES string of the molecule is COCCNCc1csc(N2CCSCC2C)n1. The molecule has 0 radical (unpaired) electrons. The number of methoxy groups -OCH3 is 1. The predicted octanol–water partition coefficient (Wildman–Crippen LogP) is 1.82. The van der Waals surface area contributed by atoms with Crippen LogP contribution >= 0.6 is 23.1 Å². The first-order valence-corrected chi connectivity index (χ1v) is 8.33. The Bertz CT molecular complexity index is 359. The second kappa shape index (κ2) is 7.33. The average molecular weight is 287 g/mol. The number of thioether (sulfide) groups is 1. The van der Waals surface area contributed by atoms with Crippen LogP contribution in [-0.4, -0.2) is 49.3 Å². The van der Waals surface area contributed by atoms with E-state index in [1.54, 1.807) is 18.4 Å². The lowest BCUT2D eigenvalue weighted by atomic mass is 10.3. The Labute approximate surface area is 117 Å². The standard InChI is InChI=1S/C12H21N3OS2/c1-10-8-17-6-4-15(10)12-14-11(9-18-12)7-13-3-5-16-2/h9-10,13H,3-8H2,1-2H3. The van der Waals surface area contributed by atoms with Crippen molar-refractivity contribution in [3.05, 3.63) is 11.1 Å². The number of anilines is 1. The molecule has 1 atom stereocenters. The summed E-state index contributed by atoms with van der Waals surface area (Å²) < 4.78 is 5.00. The minimum Gasteiger partial charge on any atom is -0.383 e. The van der Waals surface area contributed by atoms with Crippen molar-refractivity contribution in [3.63, 3.8) is 0 Å². The molecule has 1 unspecified atom stereocenters. The lowest BCUT2D eigenvalue weighted by molar-refractivity contribution is 0.199. The van der Waals surface area contributed by atoms with Crippen LogP contribution in [0.25, 0.3) is 0 Å². The van der Waals surface area contributed by atoms with Crippen molar-refractivity contribution in [1.29, 1.82) is 0 Å². The molecule has 0 saturated carbocycles. The first-order valence-electron chi connectivity index (χ1n) is 6.29. The Hall–Kier alpha value is -0.300. The van der Waals surface area contributed by atoms with E-state index in [9.17, 15) is 0 Å². The van der Waals surface area contributed by atoms with Gasteiger partial charge in [-0.2, -0.15) is 11.8 Å². The molecule has 18 heavy (non-hydrogen) atoms. The Morgan fingerprint density at radius 3 is 3.28 bits per heavy atom. The van der Waals surface area contributed by atoms with Crippen LogP contribution in [0.3, 0.4) is 0 Å². The van der Waals surface area contributed by atoms with Gasteiger partial charge in [0, 0.05) is 49.7 Å². The van der Waals surface area contributed by atoms with Crippen LogP contribution in [0.4, 0.5) is 5.13 Å². The summed E-state index contributed by atoms with van der Waals surface area (Å²) in [6, 6.07) is 0.601. The van der Waals surface area contributed by atoms with Gasteiger partial charge in [-0.05, 0) is 6.92 Å². The van der Waals surface area contributed by atoms with E-state index in [4.69, 9.17) is 9.72 Å². The third-order valence-electron chi connectivity index (χ3n) is 2.94. The summed E-state index contributed by atoms with van der Waals surface area (Å²) in [6.45, 7) is 5.86. The molecule has 1 aromatic rings. The van der Waals surface area contributed by atoms with Crippen LogP contribution in [0, 0.1) is 0 Å². The van der Waals surface area contributed by atoms with Gasteiger partial charge in [0.2, 0.25) is 0 Å². The molecule has 6 heteroatoms. The zero-order valence-corrected chi connectivity index (χ0v) is 12.6. The second-order valence-corrected chi connectivity index (χ2v) is 6.39. The monoisotopic (exact) mass is 287 g/mol. The maximum atomic E-state index is 5.00. The molecule has 0 spiro atoms. The van der Waals surface area contributed by atoms with Crippen LogP contribution < -0.4 is 10.2 Å². The number of nitrogens with zero attached hydrogens (tertiary/aromatic N) is 2. The van der Waals surface area contributed by atoms with E-state index in [1.807, 2.05) is 11.8 Å². The summed E-state index contributed by atoms with van der Waals surface area (Å²) >= 11 is 3.79. The summed E-state index contributed by atoms with van der Waals surface area (Å²) in [4.78, 5) is 7.14. The fraction of sp³-hybridized carbons (Fsp3) is 0.750. The number of rotatable bonds is 6. The van der Waals surface area contributed by atoms with Crippen molar-refractivity contribution in [3.8, 4) is 0 Å². The smallest absolute Gasteiger partial charge is 0.185 e. The van der Waals surface area contributed by atoms with Gasteiger partial charge in [0.05, 0.1) is 12.3 Å². The lowest BCUT2D eigenvalue weighted by Crippen LogP contribution is -2.40. The molecule has 1 saturated heterocycles. The van der Waals surface area contributed by atoms with Gasteiger partial charge >= 0.3 is 0 Å². The van der Waals surface area contributed by atoms with E-state index in [0.29, 0.717) is 6.04 Å². The minimum absolute atomic E-state index is 0.601. The highest BCUT2D eigenvalue weighted by Gasteiger charge is 2.21. The molecule has 1 aliphatic rings. The molecule has 0 amide bonds. The molecular weight excluding hydrogens is 266 g/mol. The van der Waals surface area contributed by atoms with Gasteiger partial charge in [-0.25, -0.2) is 4.98 Å². The maximum absolute atomic E-state index is 5.00. The lowest BCUT2D eigenvalue weighted by Gasteiger charge is -2.32. The van der Waals surface area contributed by atoms with Crippen LogP contribution in [0.2, 0.25) is 0 Å². The topological polar surface area (TPSA) is 37.4 Å². The number of hydrogen-bond donors (Lipinski definition) is 1. The molecule has 1 aromatic heterocycles. The van der Waals surface area contributed by atoms with E-state index in [1.165, 1.54) is 16.6 Å². The summed E-state index contributed by atoms with van der Waals surface area (Å²) in [6.07, 6.45) is 0. The Kier molecular flexibility index (Phi) is 5.75. The van der Waals surface area contributed by atoms with Gasteiger partial charge < -0.3 is 15.0 Å². The molecule has 4 nitrogen and oxygen atoms in total. The van der Waals surface area contributed by atoms with Crippen molar-refractivity contribution < 1.29 is 4.74 Å². The average Bonchev–Trinajstić information content (AvgIpc) is 2.84. The molecule has 2 heterocycles.